The highest BCUT2D eigenvalue weighted by atomic mass is 19.4. The Bertz CT molecular complexity index is 1550. The number of nitrogens with zero attached hydrogens (tertiary/aromatic N) is 4. The summed E-state index contributed by atoms with van der Waals surface area (Å²) in [4.78, 5) is 31.6. The number of hydrogen-bond acceptors (Lipinski definition) is 8. The molecule has 1 unspecified atom stereocenters. The number of imidazole rings is 1. The predicted molar refractivity (Wildman–Crippen MR) is 133 cm³/mol. The average Bonchev–Trinajstić information content (AvgIpc) is 3.36. The Balaban J connectivity index is 2.16. The Morgan fingerprint density at radius 2 is 1.72 bits per heavy atom. The van der Waals surface area contributed by atoms with Gasteiger partial charge in [-0.05, 0) is 30.7 Å². The zero-order valence-corrected chi connectivity index (χ0v) is 21.0. The molecule has 0 fully saturated rings. The molecule has 0 spiro atoms. The summed E-state index contributed by atoms with van der Waals surface area (Å²) in [6.45, 7) is 1.62. The van der Waals surface area contributed by atoms with Crippen LogP contribution < -0.4 is 10.6 Å². The van der Waals surface area contributed by atoms with Crippen LogP contribution in [-0.2, 0) is 25.2 Å². The summed E-state index contributed by atoms with van der Waals surface area (Å²) < 4.78 is 53.1. The van der Waals surface area contributed by atoms with Gasteiger partial charge in [0.25, 0.3) is 0 Å². The van der Waals surface area contributed by atoms with E-state index in [1.807, 2.05) is 6.07 Å². The number of anilines is 1. The first-order valence-electron chi connectivity index (χ1n) is 11.4. The lowest BCUT2D eigenvalue weighted by atomic mass is 9.81. The van der Waals surface area contributed by atoms with Crippen molar-refractivity contribution in [1.29, 1.82) is 5.26 Å². The lowest BCUT2D eigenvalue weighted by Gasteiger charge is -2.37. The van der Waals surface area contributed by atoms with Gasteiger partial charge in [-0.1, -0.05) is 30.3 Å². The molecule has 4 rings (SSSR count). The van der Waals surface area contributed by atoms with Crippen molar-refractivity contribution in [3.63, 3.8) is 0 Å². The van der Waals surface area contributed by atoms with Crippen LogP contribution in [0.2, 0.25) is 0 Å². The molecule has 1 aliphatic rings. The molecule has 2 N–H and O–H groups in total. The smallest absolute Gasteiger partial charge is 0.416 e. The van der Waals surface area contributed by atoms with E-state index in [1.54, 1.807) is 37.3 Å². The highest BCUT2D eigenvalue weighted by Gasteiger charge is 2.44. The Kier molecular flexibility index (Phi) is 7.18. The van der Waals surface area contributed by atoms with Crippen molar-refractivity contribution in [2.24, 2.45) is 5.73 Å². The molecule has 0 saturated heterocycles. The van der Waals surface area contributed by atoms with E-state index in [0.717, 1.165) is 31.3 Å². The maximum Gasteiger partial charge on any atom is 0.416 e. The SMILES string of the molecule is COC(=O)C1=C(C(=O)OC)N(c2cc(C(F)(F)F)ccc2-n2ccnc2C)C(N)=C(C#N)C1c1ccccc1. The first kappa shape index (κ1) is 27.0. The average molecular weight is 537 g/mol. The van der Waals surface area contributed by atoms with Crippen LogP contribution in [0.5, 0.6) is 0 Å². The quantitative estimate of drug-likeness (QED) is 0.483. The predicted octanol–water partition coefficient (Wildman–Crippen LogP) is 4.10. The summed E-state index contributed by atoms with van der Waals surface area (Å²) in [5, 5.41) is 10.2. The maximum atomic E-state index is 13.9. The zero-order chi connectivity index (χ0) is 28.5. The third-order valence-electron chi connectivity index (χ3n) is 6.24. The number of carbonyl (C=O) groups excluding carboxylic acids is 2. The van der Waals surface area contributed by atoms with Gasteiger partial charge in [0.05, 0.1) is 54.3 Å². The fourth-order valence-electron chi connectivity index (χ4n) is 4.48. The number of rotatable bonds is 5. The third kappa shape index (κ3) is 4.70. The molecule has 0 bridgehead atoms. The summed E-state index contributed by atoms with van der Waals surface area (Å²) in [6, 6.07) is 13.1. The molecular weight excluding hydrogens is 515 g/mol. The molecule has 2 aromatic carbocycles. The van der Waals surface area contributed by atoms with Crippen molar-refractivity contribution >= 4 is 17.6 Å². The maximum absolute atomic E-state index is 13.9. The van der Waals surface area contributed by atoms with Crippen LogP contribution in [0.15, 0.2) is 83.6 Å². The fraction of sp³-hybridized carbons (Fsp3) is 0.185. The van der Waals surface area contributed by atoms with E-state index in [0.29, 0.717) is 11.4 Å². The summed E-state index contributed by atoms with van der Waals surface area (Å²) in [5.74, 6) is -3.20. The summed E-state index contributed by atoms with van der Waals surface area (Å²) in [5.41, 5.74) is 4.75. The van der Waals surface area contributed by atoms with Crippen LogP contribution in [0.25, 0.3) is 5.69 Å². The van der Waals surface area contributed by atoms with Gasteiger partial charge in [0.2, 0.25) is 0 Å². The number of esters is 2. The molecule has 0 amide bonds. The van der Waals surface area contributed by atoms with Crippen molar-refractivity contribution < 1.29 is 32.2 Å². The van der Waals surface area contributed by atoms with Crippen LogP contribution in [0.3, 0.4) is 0 Å². The number of aromatic nitrogens is 2. The number of allylic oxidation sites excluding steroid dienone is 1. The Labute approximate surface area is 221 Å². The third-order valence-corrected chi connectivity index (χ3v) is 6.24. The number of aryl methyl sites for hydroxylation is 1. The van der Waals surface area contributed by atoms with Gasteiger partial charge in [0, 0.05) is 12.4 Å². The standard InChI is InChI=1S/C27H22F3N5O4/c1-15-33-11-12-34(15)19-10-9-17(27(28,29)30)13-20(19)35-23(26(37)39-3)22(25(36)38-2)21(18(14-31)24(35)32)16-7-5-4-6-8-16/h4-13,21H,32H2,1-3H3. The Morgan fingerprint density at radius 1 is 1.05 bits per heavy atom. The second-order valence-corrected chi connectivity index (χ2v) is 8.38. The molecule has 2 heterocycles. The van der Waals surface area contributed by atoms with Gasteiger partial charge in [-0.3, -0.25) is 4.90 Å². The molecular formula is C27H22F3N5O4. The molecule has 3 aromatic rings. The number of halogens is 3. The number of ether oxygens (including phenoxy) is 2. The molecule has 12 heteroatoms. The van der Waals surface area contributed by atoms with E-state index in [1.165, 1.54) is 23.0 Å². The number of benzene rings is 2. The van der Waals surface area contributed by atoms with Crippen molar-refractivity contribution in [2.75, 3.05) is 19.1 Å². The highest BCUT2D eigenvalue weighted by Crippen LogP contribution is 2.45. The van der Waals surface area contributed by atoms with E-state index < -0.39 is 35.3 Å². The van der Waals surface area contributed by atoms with Gasteiger partial charge in [-0.25, -0.2) is 14.6 Å². The summed E-state index contributed by atoms with van der Waals surface area (Å²) >= 11 is 0. The van der Waals surface area contributed by atoms with Crippen molar-refractivity contribution in [3.8, 4) is 11.8 Å². The summed E-state index contributed by atoms with van der Waals surface area (Å²) in [6.07, 6.45) is -1.82. The second kappa shape index (κ2) is 10.4. The van der Waals surface area contributed by atoms with E-state index in [2.05, 4.69) is 4.98 Å². The van der Waals surface area contributed by atoms with E-state index in [9.17, 15) is 28.0 Å². The van der Waals surface area contributed by atoms with Crippen LogP contribution >= 0.6 is 0 Å². The largest absolute Gasteiger partial charge is 0.466 e. The number of hydrogen-bond donors (Lipinski definition) is 1. The molecule has 0 radical (unpaired) electrons. The number of alkyl halides is 3. The number of carbonyl (C=O) groups is 2. The normalized spacial score (nSPS) is 15.7. The lowest BCUT2D eigenvalue weighted by molar-refractivity contribution is -0.139. The van der Waals surface area contributed by atoms with Gasteiger partial charge in [-0.15, -0.1) is 0 Å². The second-order valence-electron chi connectivity index (χ2n) is 8.38. The first-order valence-corrected chi connectivity index (χ1v) is 11.4. The number of methoxy groups -OCH3 is 2. The molecule has 200 valence electrons. The first-order chi connectivity index (χ1) is 18.5. The van der Waals surface area contributed by atoms with Gasteiger partial charge in [-0.2, -0.15) is 18.4 Å². The molecule has 1 atom stereocenters. The van der Waals surface area contributed by atoms with Gasteiger partial charge < -0.3 is 19.8 Å². The number of nitriles is 1. The van der Waals surface area contributed by atoms with Crippen molar-refractivity contribution in [1.82, 2.24) is 9.55 Å². The molecule has 1 aliphatic heterocycles. The van der Waals surface area contributed by atoms with Gasteiger partial charge in [0.15, 0.2) is 0 Å². The van der Waals surface area contributed by atoms with Gasteiger partial charge >= 0.3 is 18.1 Å². The van der Waals surface area contributed by atoms with Crippen LogP contribution in [0.4, 0.5) is 18.9 Å². The minimum Gasteiger partial charge on any atom is -0.466 e. The number of nitrogens with two attached hydrogens (primary N) is 1. The Hall–Kier alpha value is -5.05. The molecule has 9 nitrogen and oxygen atoms in total. The van der Waals surface area contributed by atoms with Gasteiger partial charge in [0.1, 0.15) is 17.3 Å². The molecule has 0 aliphatic carbocycles. The van der Waals surface area contributed by atoms with Crippen molar-refractivity contribution in [2.45, 2.75) is 19.0 Å². The highest BCUT2D eigenvalue weighted by molar-refractivity contribution is 6.06. The van der Waals surface area contributed by atoms with Crippen LogP contribution in [-0.4, -0.2) is 35.7 Å². The Morgan fingerprint density at radius 3 is 2.26 bits per heavy atom. The summed E-state index contributed by atoms with van der Waals surface area (Å²) in [7, 11) is 2.13. The zero-order valence-electron chi connectivity index (χ0n) is 21.0. The topological polar surface area (TPSA) is 123 Å². The molecule has 1 aromatic heterocycles. The molecule has 0 saturated carbocycles. The van der Waals surface area contributed by atoms with Crippen molar-refractivity contribution in [3.05, 3.63) is 101 Å². The fourth-order valence-corrected chi connectivity index (χ4v) is 4.48. The van der Waals surface area contributed by atoms with E-state index in [4.69, 9.17) is 15.2 Å². The van der Waals surface area contributed by atoms with E-state index in [-0.39, 0.29) is 28.3 Å². The minimum atomic E-state index is -4.77. The minimum absolute atomic E-state index is 0.141. The molecule has 39 heavy (non-hydrogen) atoms. The van der Waals surface area contributed by atoms with Crippen LogP contribution in [0.1, 0.15) is 22.9 Å². The lowest BCUT2D eigenvalue weighted by Crippen LogP contribution is -2.41. The monoisotopic (exact) mass is 537 g/mol. The van der Waals surface area contributed by atoms with Crippen LogP contribution in [0, 0.1) is 18.3 Å². The van der Waals surface area contributed by atoms with E-state index >= 15 is 0 Å².